The number of hydrogen-bond donors (Lipinski definition) is 0. The van der Waals surface area contributed by atoms with Crippen molar-refractivity contribution in [1.29, 1.82) is 5.26 Å². The maximum absolute atomic E-state index is 13.7. The molecule has 9 heteroatoms. The van der Waals surface area contributed by atoms with Gasteiger partial charge < -0.3 is 4.90 Å². The van der Waals surface area contributed by atoms with E-state index in [1.807, 2.05) is 36.1 Å². The summed E-state index contributed by atoms with van der Waals surface area (Å²) in [5, 5.41) is 8.37. The molecule has 2 aromatic rings. The third-order valence-electron chi connectivity index (χ3n) is 10.7. The Balaban J connectivity index is 0.000000781. The minimum absolute atomic E-state index is 0.0308. The van der Waals surface area contributed by atoms with Gasteiger partial charge in [0, 0.05) is 396 Å². The lowest BCUT2D eigenvalue weighted by atomic mass is 9.93. The van der Waals surface area contributed by atoms with Crippen LogP contribution in [0.2, 0.25) is 0 Å². The smallest absolute Gasteiger partial charge is 0.303 e. The summed E-state index contributed by atoms with van der Waals surface area (Å²) in [4.78, 5) is 19.7. The van der Waals surface area contributed by atoms with Gasteiger partial charge in [0.15, 0.2) is 16.9 Å². The summed E-state index contributed by atoms with van der Waals surface area (Å²) in [5.74, 6) is 180. The van der Waals surface area contributed by atoms with E-state index in [-0.39, 0.29) is 22.6 Å². The number of amides is 1. The van der Waals surface area contributed by atoms with Crippen molar-refractivity contribution in [2.45, 2.75) is 44.8 Å². The summed E-state index contributed by atoms with van der Waals surface area (Å²) in [7, 11) is 0. The van der Waals surface area contributed by atoms with Crippen LogP contribution in [0.3, 0.4) is 0 Å². The van der Waals surface area contributed by atoms with Gasteiger partial charge in [-0.25, -0.2) is 4.85 Å². The number of terminal acetylenes is 1. The lowest BCUT2D eigenvalue weighted by Gasteiger charge is -2.33. The second-order valence-electron chi connectivity index (χ2n) is 17.5. The lowest BCUT2D eigenvalue weighted by molar-refractivity contribution is -0.136. The molecule has 1 saturated heterocycles. The molecule has 1 amide bonds. The van der Waals surface area contributed by atoms with E-state index in [1.54, 1.807) is 6.07 Å². The molecule has 5 nitrogen and oxygen atoms in total. The Morgan fingerprint density at radius 1 is 0.411 bits per heavy atom. The molecular weight excluding hydrogens is 1340 g/mol. The first-order valence-electron chi connectivity index (χ1n) is 28.7. The number of rotatable bonds is 2. The number of halogens is 3. The van der Waals surface area contributed by atoms with Crippen LogP contribution in [-0.2, 0) is 11.0 Å². The summed E-state index contributed by atoms with van der Waals surface area (Å²) in [6, 6.07) is 12.5. The first-order valence-corrected chi connectivity index (χ1v) is 29.1. The summed E-state index contributed by atoms with van der Waals surface area (Å²) in [6.07, 6.45) is 2.21. The third-order valence-corrected chi connectivity index (χ3v) is 11.0. The van der Waals surface area contributed by atoms with Gasteiger partial charge in [0.2, 0.25) is 0 Å². The number of aryl methyl sites for hydroxylation is 1. The van der Waals surface area contributed by atoms with Crippen LogP contribution in [-0.4, -0.2) is 16.6 Å². The molecule has 2 aliphatic rings. The van der Waals surface area contributed by atoms with Gasteiger partial charge in [0.25, 0.3) is 5.91 Å². The quantitative estimate of drug-likeness (QED) is 0.195. The molecule has 1 aliphatic heterocycles. The maximum Gasteiger partial charge on any atom is 0.407 e. The topological polar surface area (TPSA) is 51.7 Å². The Labute approximate surface area is 629 Å². The van der Waals surface area contributed by atoms with E-state index in [4.69, 9.17) is 30.5 Å². The van der Waals surface area contributed by atoms with Crippen molar-refractivity contribution in [3.8, 4) is 445 Å². The molecule has 2 fully saturated rings. The van der Waals surface area contributed by atoms with E-state index >= 15 is 0 Å². The van der Waals surface area contributed by atoms with Gasteiger partial charge in [0.05, 0.1) is 12.1 Å². The summed E-state index contributed by atoms with van der Waals surface area (Å²) >= 11 is 5.67. The van der Waals surface area contributed by atoms with Crippen molar-refractivity contribution < 1.29 is 18.0 Å². The highest BCUT2D eigenvalue weighted by molar-refractivity contribution is 7.81. The fraction of sp³-hybridized carbons (Fsp3) is 0.0816. The first-order chi connectivity index (χ1) is 52.5. The molecule has 2 unspecified atom stereocenters. The summed E-state index contributed by atoms with van der Waals surface area (Å²) in [5.41, 5.74) is -0.664. The zero-order valence-electron chi connectivity index (χ0n) is 55.1. The molecular formula is C98H21F3N4OS. The molecule has 0 N–H and O–H groups in total. The van der Waals surface area contributed by atoms with Gasteiger partial charge in [-0.1, -0.05) is 30.7 Å². The Hall–Kier alpha value is -19.7. The normalized spacial score (nSPS) is 9.64. The van der Waals surface area contributed by atoms with Crippen molar-refractivity contribution in [2.24, 2.45) is 5.92 Å². The fourth-order valence-corrected chi connectivity index (χ4v) is 7.32. The number of carbonyl (C=O) groups excluding carboxylic acids is 1. The van der Waals surface area contributed by atoms with Crippen molar-refractivity contribution in [3.63, 3.8) is 0 Å². The number of alkyl halides is 3. The monoisotopic (exact) mass is 1360 g/mol. The van der Waals surface area contributed by atoms with Crippen molar-refractivity contribution in [1.82, 2.24) is 0 Å². The molecule has 107 heavy (non-hydrogen) atoms. The standard InChI is InChI=1S/C75HN.C23H20F3N3OS/c1-2-3-4-5-6-7-8-9-10-11-12-13-14-15-16-17-18-19-20-21-22-23-24-25-26-27-28-29-30-31-32-33-34-35-36-37-38-39-40-41-42-43-44-45-46-47-48-49-50-51-52-53-54-55-56-57-58-59-60-61-62-63-64-65-66-67-68-69-70-71-72-73-74-75-76;1-14-4-6-16(7-5-14)29-21(31)28(20(30)22(29)11-10-15(2)13-22)17-8-9-19(27-3)18(12-17)23(24,25)26/h1H;4-9,12,15H,10-11,13H2,1-2H3. The highest BCUT2D eigenvalue weighted by Crippen LogP contribution is 2.49. The lowest BCUT2D eigenvalue weighted by Crippen LogP contribution is -2.48. The summed E-state index contributed by atoms with van der Waals surface area (Å²) in [6.45, 7) is 11.1. The Bertz CT molecular complexity index is 6520. The number of thiocarbonyl (C=S) groups is 1. The van der Waals surface area contributed by atoms with Crippen LogP contribution in [0.5, 0.6) is 0 Å². The number of nitriles is 1. The van der Waals surface area contributed by atoms with Gasteiger partial charge in [-0.3, -0.25) is 9.69 Å². The van der Waals surface area contributed by atoms with Crippen LogP contribution in [0.25, 0.3) is 4.85 Å². The molecule has 0 radical (unpaired) electrons. The number of nitrogens with zero attached hydrogens (tertiary/aromatic N) is 4. The van der Waals surface area contributed by atoms with Crippen LogP contribution in [0.4, 0.5) is 30.2 Å². The van der Waals surface area contributed by atoms with Gasteiger partial charge in [0.1, 0.15) is 5.54 Å². The number of anilines is 2. The zero-order chi connectivity index (χ0) is 76.9. The Kier molecular flexibility index (Phi) is 41.5. The van der Waals surface area contributed by atoms with E-state index in [1.165, 1.54) is 11.0 Å². The van der Waals surface area contributed by atoms with E-state index in [0.29, 0.717) is 12.8 Å². The number of carbonyl (C=O) groups is 1. The molecule has 1 saturated carbocycles. The van der Waals surface area contributed by atoms with Crippen molar-refractivity contribution in [2.75, 3.05) is 9.80 Å². The van der Waals surface area contributed by atoms with Crippen molar-refractivity contribution >= 4 is 40.3 Å². The molecule has 0 aromatic heterocycles. The minimum atomic E-state index is -4.71. The molecule has 1 spiro atoms. The van der Waals surface area contributed by atoms with Gasteiger partial charge in [-0.2, -0.15) is 18.4 Å². The largest absolute Gasteiger partial charge is 0.407 e. The second kappa shape index (κ2) is 54.5. The highest BCUT2D eigenvalue weighted by Gasteiger charge is 2.59. The molecule has 0 bridgehead atoms. The predicted molar refractivity (Wildman–Crippen MR) is 412 cm³/mol. The molecule has 1 heterocycles. The van der Waals surface area contributed by atoms with Crippen LogP contribution in [0, 0.1) is 469 Å². The zero-order valence-corrected chi connectivity index (χ0v) is 55.9. The Morgan fingerprint density at radius 2 is 0.645 bits per heavy atom. The van der Waals surface area contributed by atoms with E-state index in [9.17, 15) is 18.0 Å². The number of benzene rings is 2. The van der Waals surface area contributed by atoms with Crippen LogP contribution >= 0.6 is 12.2 Å². The highest BCUT2D eigenvalue weighted by atomic mass is 32.1. The third kappa shape index (κ3) is 37.8. The van der Waals surface area contributed by atoms with Gasteiger partial charge in [-0.15, -0.1) is 6.42 Å². The molecule has 4 rings (SSSR count). The van der Waals surface area contributed by atoms with E-state index in [0.717, 1.165) is 29.8 Å². The van der Waals surface area contributed by atoms with Crippen LogP contribution in [0.1, 0.15) is 37.3 Å². The maximum atomic E-state index is 13.7. The molecule has 1 aliphatic carbocycles. The van der Waals surface area contributed by atoms with E-state index in [2.05, 4.69) is 444 Å². The second-order valence-corrected chi connectivity index (χ2v) is 17.9. The average molecular weight is 1360 g/mol. The summed E-state index contributed by atoms with van der Waals surface area (Å²) < 4.78 is 40.6. The van der Waals surface area contributed by atoms with Gasteiger partial charge >= 0.3 is 6.18 Å². The molecule has 2 aromatic carbocycles. The number of hydrogen-bond acceptors (Lipinski definition) is 3. The van der Waals surface area contributed by atoms with Crippen molar-refractivity contribution in [3.05, 3.63) is 65.0 Å². The molecule has 2 atom stereocenters. The Morgan fingerprint density at radius 3 is 0.850 bits per heavy atom. The van der Waals surface area contributed by atoms with Crippen LogP contribution in [0.15, 0.2) is 42.5 Å². The van der Waals surface area contributed by atoms with Gasteiger partial charge in [-0.05, 0) is 116 Å². The van der Waals surface area contributed by atoms with Crippen LogP contribution < -0.4 is 9.80 Å². The molecule has 466 valence electrons. The predicted octanol–water partition coefficient (Wildman–Crippen LogP) is 6.53. The average Bonchev–Trinajstić information content (AvgIpc) is 1.56. The SMILES string of the molecule is C#CC#CC#CC#CC#CC#CC#CC#CC#CC#CC#CC#CC#CC#CC#CC#CC#CC#CC#CC#CC#CC#CC#CC#CC#CC#CC#CC#CC#CC#CC#CC#CC#CC#CC#CC#CC#CC#N.[C-]#[N+]c1ccc(N2C(=O)C3(CCC(C)C3)N(c3ccc(C)cc3)C2=S)cc1C(F)(F)F. The van der Waals surface area contributed by atoms with E-state index < -0.39 is 23.0 Å². The fourth-order valence-electron chi connectivity index (χ4n) is 6.86. The first kappa shape index (κ1) is 81.5. The minimum Gasteiger partial charge on any atom is -0.303 e.